The number of hydrogen-bond acceptors (Lipinski definition) is 6. The van der Waals surface area contributed by atoms with Gasteiger partial charge in [-0.05, 0) is 37.1 Å². The quantitative estimate of drug-likeness (QED) is 0.637. The van der Waals surface area contributed by atoms with Crippen molar-refractivity contribution in [2.24, 2.45) is 0 Å². The number of thioether (sulfide) groups is 1. The van der Waals surface area contributed by atoms with Crippen LogP contribution in [0, 0.1) is 0 Å². The lowest BCUT2D eigenvalue weighted by Gasteiger charge is -2.10. The summed E-state index contributed by atoms with van der Waals surface area (Å²) in [6, 6.07) is 11.2. The van der Waals surface area contributed by atoms with E-state index in [4.69, 9.17) is 16.3 Å². The molecule has 27 heavy (non-hydrogen) atoms. The molecule has 0 bridgehead atoms. The van der Waals surface area contributed by atoms with E-state index in [1.807, 2.05) is 36.4 Å². The Balaban J connectivity index is 1.43. The smallest absolute Gasteiger partial charge is 0.230 e. The molecule has 3 aromatic rings. The molecule has 1 aromatic carbocycles. The Morgan fingerprint density at radius 3 is 2.89 bits per heavy atom. The van der Waals surface area contributed by atoms with Crippen LogP contribution in [0.3, 0.4) is 0 Å². The first-order valence-electron chi connectivity index (χ1n) is 8.68. The van der Waals surface area contributed by atoms with Crippen LogP contribution in [0.2, 0.25) is 5.02 Å². The van der Waals surface area contributed by atoms with Gasteiger partial charge in [0.1, 0.15) is 0 Å². The van der Waals surface area contributed by atoms with Gasteiger partial charge in [0.05, 0.1) is 17.6 Å². The zero-order valence-electron chi connectivity index (χ0n) is 14.5. The first-order valence-corrected chi connectivity index (χ1v) is 10.0. The van der Waals surface area contributed by atoms with E-state index in [1.54, 1.807) is 4.52 Å². The highest BCUT2D eigenvalue weighted by atomic mass is 35.5. The summed E-state index contributed by atoms with van der Waals surface area (Å²) < 4.78 is 7.16. The molecule has 3 heterocycles. The molecule has 9 heteroatoms. The summed E-state index contributed by atoms with van der Waals surface area (Å²) in [6.07, 6.45) is 2.19. The maximum atomic E-state index is 12.1. The third-order valence-corrected chi connectivity index (χ3v) is 5.43. The van der Waals surface area contributed by atoms with Gasteiger partial charge in [0.15, 0.2) is 5.65 Å². The fraction of sp³-hybridized carbons (Fsp3) is 0.333. The number of fused-ring (bicyclic) bond motifs is 1. The van der Waals surface area contributed by atoms with E-state index in [9.17, 15) is 4.79 Å². The molecular weight excluding hydrogens is 386 g/mol. The zero-order chi connectivity index (χ0) is 18.6. The molecule has 1 fully saturated rings. The summed E-state index contributed by atoms with van der Waals surface area (Å²) in [4.78, 5) is 12.1. The molecule has 2 aromatic heterocycles. The lowest BCUT2D eigenvalue weighted by atomic mass is 10.1. The van der Waals surface area contributed by atoms with Crippen molar-refractivity contribution in [1.29, 1.82) is 0 Å². The number of carbonyl (C=O) groups excluding carboxylic acids is 1. The van der Waals surface area contributed by atoms with Gasteiger partial charge in [-0.25, -0.2) is 0 Å². The normalized spacial score (nSPS) is 16.7. The molecule has 0 spiro atoms. The van der Waals surface area contributed by atoms with Gasteiger partial charge in [-0.1, -0.05) is 35.5 Å². The molecule has 1 atom stereocenters. The number of hydrogen-bond donors (Lipinski definition) is 1. The van der Waals surface area contributed by atoms with Crippen molar-refractivity contribution in [3.63, 3.8) is 0 Å². The van der Waals surface area contributed by atoms with Crippen LogP contribution >= 0.6 is 23.4 Å². The highest BCUT2D eigenvalue weighted by Gasteiger charge is 2.17. The summed E-state index contributed by atoms with van der Waals surface area (Å²) in [6.45, 7) is 1.33. The molecule has 1 amide bonds. The highest BCUT2D eigenvalue weighted by molar-refractivity contribution is 7.99. The average molecular weight is 404 g/mol. The van der Waals surface area contributed by atoms with Crippen molar-refractivity contribution in [2.75, 3.05) is 18.9 Å². The van der Waals surface area contributed by atoms with Gasteiger partial charge in [-0.15, -0.1) is 10.2 Å². The molecular formula is C18H18ClN5O2S. The summed E-state index contributed by atoms with van der Waals surface area (Å²) in [5.74, 6) is 0.196. The second kappa shape index (κ2) is 8.24. The topological polar surface area (TPSA) is 81.4 Å². The molecule has 1 aliphatic heterocycles. The number of ether oxygens (including phenoxy) is 1. The minimum atomic E-state index is -0.0545. The van der Waals surface area contributed by atoms with Crippen LogP contribution < -0.4 is 5.32 Å². The standard InChI is InChI=1S/C18H18ClN5O2S/c19-13-5-3-12(4-6-13)15-7-8-16-21-22-18(24(16)23-15)27-11-17(25)20-10-14-2-1-9-26-14/h3-8,14H,1-2,9-11H2,(H,20,25)/t14-/m1/s1. The maximum absolute atomic E-state index is 12.1. The van der Waals surface area contributed by atoms with Crippen LogP contribution in [0.5, 0.6) is 0 Å². The van der Waals surface area contributed by atoms with Crippen LogP contribution in [-0.4, -0.2) is 50.7 Å². The monoisotopic (exact) mass is 403 g/mol. The molecule has 0 radical (unpaired) electrons. The first-order chi connectivity index (χ1) is 13.2. The Kier molecular flexibility index (Phi) is 5.56. The average Bonchev–Trinajstić information content (AvgIpc) is 3.34. The molecule has 0 unspecified atom stereocenters. The number of benzene rings is 1. The lowest BCUT2D eigenvalue weighted by Crippen LogP contribution is -2.32. The molecule has 4 rings (SSSR count). The minimum absolute atomic E-state index is 0.0545. The zero-order valence-corrected chi connectivity index (χ0v) is 16.0. The molecule has 0 aliphatic carbocycles. The number of nitrogens with zero attached hydrogens (tertiary/aromatic N) is 4. The van der Waals surface area contributed by atoms with Crippen LogP contribution in [0.1, 0.15) is 12.8 Å². The number of amides is 1. The summed E-state index contributed by atoms with van der Waals surface area (Å²) in [5.41, 5.74) is 2.36. The SMILES string of the molecule is O=C(CSc1nnc2ccc(-c3ccc(Cl)cc3)nn12)NC[C@H]1CCCO1. The van der Waals surface area contributed by atoms with E-state index in [2.05, 4.69) is 20.6 Å². The van der Waals surface area contributed by atoms with Crippen LogP contribution in [0.25, 0.3) is 16.9 Å². The molecule has 1 aliphatic rings. The van der Waals surface area contributed by atoms with Crippen molar-refractivity contribution in [2.45, 2.75) is 24.1 Å². The predicted octanol–water partition coefficient (Wildman–Crippen LogP) is 2.83. The second-order valence-electron chi connectivity index (χ2n) is 6.21. The Morgan fingerprint density at radius 2 is 2.11 bits per heavy atom. The van der Waals surface area contributed by atoms with Gasteiger partial charge in [-0.2, -0.15) is 9.61 Å². The minimum Gasteiger partial charge on any atom is -0.376 e. The number of rotatable bonds is 6. The highest BCUT2D eigenvalue weighted by Crippen LogP contribution is 2.22. The van der Waals surface area contributed by atoms with Gasteiger partial charge in [0, 0.05) is 23.7 Å². The first kappa shape index (κ1) is 18.2. The lowest BCUT2D eigenvalue weighted by molar-refractivity contribution is -0.119. The van der Waals surface area contributed by atoms with E-state index >= 15 is 0 Å². The van der Waals surface area contributed by atoms with Crippen LogP contribution in [0.15, 0.2) is 41.6 Å². The van der Waals surface area contributed by atoms with Gasteiger partial charge >= 0.3 is 0 Å². The molecule has 0 saturated carbocycles. The number of carbonyl (C=O) groups is 1. The Labute approximate surface area is 165 Å². The van der Waals surface area contributed by atoms with Crippen molar-refractivity contribution in [1.82, 2.24) is 25.1 Å². The number of aromatic nitrogens is 4. The largest absolute Gasteiger partial charge is 0.376 e. The number of halogens is 1. The Bertz CT molecular complexity index is 941. The number of nitrogens with one attached hydrogen (secondary N) is 1. The maximum Gasteiger partial charge on any atom is 0.230 e. The van der Waals surface area contributed by atoms with Gasteiger partial charge in [0.25, 0.3) is 0 Å². The molecule has 140 valence electrons. The Hall–Kier alpha value is -2.16. The van der Waals surface area contributed by atoms with E-state index in [0.717, 1.165) is 30.7 Å². The Morgan fingerprint density at radius 1 is 1.26 bits per heavy atom. The van der Waals surface area contributed by atoms with E-state index in [-0.39, 0.29) is 17.8 Å². The van der Waals surface area contributed by atoms with E-state index in [0.29, 0.717) is 22.4 Å². The van der Waals surface area contributed by atoms with Gasteiger partial charge in [-0.3, -0.25) is 4.79 Å². The summed E-state index contributed by atoms with van der Waals surface area (Å²) >= 11 is 7.25. The summed E-state index contributed by atoms with van der Waals surface area (Å²) in [5, 5.41) is 17.0. The third-order valence-electron chi connectivity index (χ3n) is 4.26. The third kappa shape index (κ3) is 4.40. The van der Waals surface area contributed by atoms with Crippen molar-refractivity contribution in [3.8, 4) is 11.3 Å². The molecule has 1 N–H and O–H groups in total. The van der Waals surface area contributed by atoms with Crippen LogP contribution in [-0.2, 0) is 9.53 Å². The van der Waals surface area contributed by atoms with Gasteiger partial charge < -0.3 is 10.1 Å². The fourth-order valence-corrected chi connectivity index (χ4v) is 3.69. The predicted molar refractivity (Wildman–Crippen MR) is 104 cm³/mol. The molecule has 7 nitrogen and oxygen atoms in total. The summed E-state index contributed by atoms with van der Waals surface area (Å²) in [7, 11) is 0. The van der Waals surface area contributed by atoms with E-state index < -0.39 is 0 Å². The van der Waals surface area contributed by atoms with Crippen molar-refractivity contribution >= 4 is 34.9 Å². The second-order valence-corrected chi connectivity index (χ2v) is 7.58. The van der Waals surface area contributed by atoms with E-state index in [1.165, 1.54) is 11.8 Å². The van der Waals surface area contributed by atoms with Crippen molar-refractivity contribution < 1.29 is 9.53 Å². The van der Waals surface area contributed by atoms with Gasteiger partial charge in [0.2, 0.25) is 11.1 Å². The van der Waals surface area contributed by atoms with Crippen LogP contribution in [0.4, 0.5) is 0 Å². The fourth-order valence-electron chi connectivity index (χ4n) is 2.85. The molecule has 1 saturated heterocycles. The van der Waals surface area contributed by atoms with Crippen molar-refractivity contribution in [3.05, 3.63) is 41.4 Å².